The number of phenols is 1. The molecule has 0 spiro atoms. The Morgan fingerprint density at radius 3 is 2.00 bits per heavy atom. The van der Waals surface area contributed by atoms with E-state index in [1.54, 1.807) is 30.3 Å². The van der Waals surface area contributed by atoms with Crippen LogP contribution in [-0.4, -0.2) is 157 Å². The van der Waals surface area contributed by atoms with E-state index < -0.39 is 121 Å². The SMILES string of the molecule is COc1ccc(-c2oc3c(CC=C(C)C)c(O[C@H]4O[C@@H](CO)[C@H](O)[C@H](O)[C@@H]4O)cc(O)c3c(=O)c2O[C@@H]2O[C@@H](C)[C@@H](O[C@@H]3O[C@@H](C)[C@H](O)[C@H](O)[C@@H]3O)[C@@H](O)[C@@H]2O)cc1. The van der Waals surface area contributed by atoms with E-state index in [-0.39, 0.29) is 34.6 Å². The normalized spacial score (nSPS) is 35.4. The summed E-state index contributed by atoms with van der Waals surface area (Å²) in [6, 6.07) is 7.29. The largest absolute Gasteiger partial charge is 0.507 e. The van der Waals surface area contributed by atoms with E-state index in [0.29, 0.717) is 5.75 Å². The highest BCUT2D eigenvalue weighted by molar-refractivity contribution is 5.91. The zero-order valence-electron chi connectivity index (χ0n) is 32.2. The van der Waals surface area contributed by atoms with Gasteiger partial charge < -0.3 is 88.6 Å². The standard InChI is InChI=1S/C39H50O19/c1-14(2)6-11-19-21(54-39-31(49)28(46)25(43)22(13-40)55-39)12-20(41)23-26(44)36(34(56-35(19)23)17-7-9-18(51-5)10-8-17)58-38-32(50)29(47)33(16(4)53-38)57-37-30(48)27(45)24(42)15(3)52-37/h6-10,12,15-16,22,24-25,27-33,37-43,45-50H,11,13H2,1-5H3/t15-,16-,22-,24-,25-,27-,28-,29-,30-,31-,32-,33+,37-,38-,39-/m0/s1. The molecule has 0 aliphatic carbocycles. The van der Waals surface area contributed by atoms with E-state index in [1.807, 2.05) is 13.8 Å². The molecule has 0 radical (unpaired) electrons. The Labute approximate surface area is 331 Å². The highest BCUT2D eigenvalue weighted by Crippen LogP contribution is 2.42. The highest BCUT2D eigenvalue weighted by Gasteiger charge is 2.50. The van der Waals surface area contributed by atoms with Crippen molar-refractivity contribution in [3.63, 3.8) is 0 Å². The van der Waals surface area contributed by atoms with Gasteiger partial charge in [0.1, 0.15) is 89.3 Å². The maximum atomic E-state index is 14.6. The molecule has 3 fully saturated rings. The number of benzene rings is 2. The maximum absolute atomic E-state index is 14.6. The van der Waals surface area contributed by atoms with Gasteiger partial charge in [-0.3, -0.25) is 4.79 Å². The van der Waals surface area contributed by atoms with E-state index in [9.17, 15) is 55.9 Å². The zero-order valence-corrected chi connectivity index (χ0v) is 32.2. The highest BCUT2D eigenvalue weighted by atomic mass is 16.7. The van der Waals surface area contributed by atoms with Gasteiger partial charge >= 0.3 is 0 Å². The van der Waals surface area contributed by atoms with Crippen LogP contribution in [0, 0.1) is 0 Å². The van der Waals surface area contributed by atoms with Crippen molar-refractivity contribution in [2.45, 2.75) is 126 Å². The molecular weight excluding hydrogens is 772 g/mol. The Balaban J connectivity index is 1.42. The van der Waals surface area contributed by atoms with E-state index in [4.69, 9.17) is 37.6 Å². The number of ether oxygens (including phenoxy) is 7. The second-order valence-corrected chi connectivity index (χ2v) is 14.8. The van der Waals surface area contributed by atoms with Gasteiger partial charge in [0.15, 0.2) is 12.1 Å². The Morgan fingerprint density at radius 2 is 1.36 bits per heavy atom. The van der Waals surface area contributed by atoms with E-state index in [2.05, 4.69) is 0 Å². The minimum absolute atomic E-state index is 0.0286. The summed E-state index contributed by atoms with van der Waals surface area (Å²) in [6.45, 7) is 5.79. The van der Waals surface area contributed by atoms with Crippen LogP contribution in [0.25, 0.3) is 22.3 Å². The van der Waals surface area contributed by atoms with Crippen LogP contribution < -0.4 is 19.6 Å². The minimum atomic E-state index is -1.91. The number of fused-ring (bicyclic) bond motifs is 1. The topological polar surface area (TPSA) is 297 Å². The molecule has 0 saturated carbocycles. The zero-order chi connectivity index (χ0) is 42.3. The molecule has 10 N–H and O–H groups in total. The molecule has 0 unspecified atom stereocenters. The summed E-state index contributed by atoms with van der Waals surface area (Å²) in [5, 5.41) is 105. The van der Waals surface area contributed by atoms with Crippen molar-refractivity contribution in [2.75, 3.05) is 13.7 Å². The van der Waals surface area contributed by atoms with Gasteiger partial charge in [0.2, 0.25) is 23.8 Å². The van der Waals surface area contributed by atoms with Crippen LogP contribution in [-0.2, 0) is 25.4 Å². The van der Waals surface area contributed by atoms with Gasteiger partial charge in [-0.1, -0.05) is 11.6 Å². The summed E-state index contributed by atoms with van der Waals surface area (Å²) >= 11 is 0. The molecule has 3 saturated heterocycles. The van der Waals surface area contributed by atoms with E-state index in [1.165, 1.54) is 21.0 Å². The number of hydrogen-bond acceptors (Lipinski definition) is 19. The Hall–Kier alpha value is -3.93. The third kappa shape index (κ3) is 8.41. The monoisotopic (exact) mass is 822 g/mol. The predicted octanol–water partition coefficient (Wildman–Crippen LogP) is -1.08. The van der Waals surface area contributed by atoms with Gasteiger partial charge in [-0.15, -0.1) is 0 Å². The van der Waals surface area contributed by atoms with Gasteiger partial charge in [-0.25, -0.2) is 0 Å². The van der Waals surface area contributed by atoms with Crippen LogP contribution in [0.3, 0.4) is 0 Å². The predicted molar refractivity (Wildman–Crippen MR) is 198 cm³/mol. The lowest BCUT2D eigenvalue weighted by Crippen LogP contribution is -2.63. The van der Waals surface area contributed by atoms with Crippen molar-refractivity contribution in [2.24, 2.45) is 0 Å². The molecule has 0 amide bonds. The van der Waals surface area contributed by atoms with E-state index >= 15 is 0 Å². The summed E-state index contributed by atoms with van der Waals surface area (Å²) in [5.41, 5.74) is 0.116. The lowest BCUT2D eigenvalue weighted by Gasteiger charge is -2.45. The summed E-state index contributed by atoms with van der Waals surface area (Å²) in [7, 11) is 1.45. The summed E-state index contributed by atoms with van der Waals surface area (Å²) in [5.74, 6) is -1.16. The third-order valence-corrected chi connectivity index (χ3v) is 10.4. The van der Waals surface area contributed by atoms with Crippen molar-refractivity contribution < 1.29 is 88.6 Å². The van der Waals surface area contributed by atoms with Gasteiger partial charge in [0.25, 0.3) is 0 Å². The summed E-state index contributed by atoms with van der Waals surface area (Å²) in [6.07, 6.45) is -21.6. The fourth-order valence-corrected chi connectivity index (χ4v) is 6.98. The molecule has 15 atom stereocenters. The summed E-state index contributed by atoms with van der Waals surface area (Å²) in [4.78, 5) is 14.6. The Bertz CT molecular complexity index is 1980. The van der Waals surface area contributed by atoms with Gasteiger partial charge in [0, 0.05) is 17.2 Å². The van der Waals surface area contributed by atoms with Crippen LogP contribution in [0.1, 0.15) is 33.3 Å². The molecule has 3 aliphatic heterocycles. The van der Waals surface area contributed by atoms with Crippen molar-refractivity contribution in [1.29, 1.82) is 0 Å². The Morgan fingerprint density at radius 1 is 0.759 bits per heavy atom. The molecule has 1 aromatic heterocycles. The molecule has 4 heterocycles. The first-order valence-electron chi connectivity index (χ1n) is 18.6. The molecular formula is C39H50O19. The lowest BCUT2D eigenvalue weighted by atomic mass is 9.97. The minimum Gasteiger partial charge on any atom is -0.507 e. The smallest absolute Gasteiger partial charge is 0.239 e. The maximum Gasteiger partial charge on any atom is 0.239 e. The molecule has 58 heavy (non-hydrogen) atoms. The first kappa shape index (κ1) is 43.6. The van der Waals surface area contributed by atoms with Crippen molar-refractivity contribution in [1.82, 2.24) is 0 Å². The third-order valence-electron chi connectivity index (χ3n) is 10.4. The number of allylic oxidation sites excluding steroid dienone is 2. The Kier molecular flexibility index (Phi) is 13.3. The fraction of sp³-hybridized carbons (Fsp3) is 0.564. The molecule has 3 aromatic rings. The van der Waals surface area contributed by atoms with E-state index in [0.717, 1.165) is 11.6 Å². The van der Waals surface area contributed by atoms with Gasteiger partial charge in [0.05, 0.1) is 25.9 Å². The van der Waals surface area contributed by atoms with Crippen LogP contribution in [0.2, 0.25) is 0 Å². The first-order valence-corrected chi connectivity index (χ1v) is 18.6. The van der Waals surface area contributed by atoms with Gasteiger partial charge in [-0.2, -0.15) is 0 Å². The van der Waals surface area contributed by atoms with Crippen molar-refractivity contribution in [3.8, 4) is 34.3 Å². The number of rotatable bonds is 11. The second-order valence-electron chi connectivity index (χ2n) is 14.8. The molecule has 0 bridgehead atoms. The second kappa shape index (κ2) is 17.7. The molecule has 320 valence electrons. The van der Waals surface area contributed by atoms with Gasteiger partial charge in [-0.05, 0) is 58.4 Å². The number of aromatic hydroxyl groups is 1. The molecule has 3 aliphatic rings. The molecule has 19 heteroatoms. The average molecular weight is 823 g/mol. The molecule has 2 aromatic carbocycles. The quantitative estimate of drug-likeness (QED) is 0.103. The lowest BCUT2D eigenvalue weighted by molar-refractivity contribution is -0.345. The average Bonchev–Trinajstić information content (AvgIpc) is 3.19. The number of aliphatic hydroxyl groups excluding tert-OH is 9. The fourth-order valence-electron chi connectivity index (χ4n) is 6.98. The number of methoxy groups -OCH3 is 1. The molecule has 19 nitrogen and oxygen atoms in total. The van der Waals surface area contributed by atoms with Crippen LogP contribution in [0.4, 0.5) is 0 Å². The first-order chi connectivity index (χ1) is 27.5. The van der Waals surface area contributed by atoms with Crippen molar-refractivity contribution in [3.05, 3.63) is 57.8 Å². The number of hydrogen-bond donors (Lipinski definition) is 10. The van der Waals surface area contributed by atoms with Crippen LogP contribution in [0.5, 0.6) is 23.0 Å². The van der Waals surface area contributed by atoms with Crippen LogP contribution >= 0.6 is 0 Å². The number of aliphatic hydroxyl groups is 9. The van der Waals surface area contributed by atoms with Crippen molar-refractivity contribution >= 4 is 11.0 Å². The molecule has 6 rings (SSSR count). The number of phenolic OH excluding ortho intramolecular Hbond substituents is 1. The van der Waals surface area contributed by atoms with Crippen LogP contribution in [0.15, 0.2) is 51.2 Å². The summed E-state index contributed by atoms with van der Waals surface area (Å²) < 4.78 is 46.4.